The fourth-order valence-corrected chi connectivity index (χ4v) is 6.15. The molecule has 0 aromatic heterocycles. The van der Waals surface area contributed by atoms with Gasteiger partial charge in [0.25, 0.3) is 0 Å². The van der Waals surface area contributed by atoms with E-state index in [9.17, 15) is 20.1 Å². The summed E-state index contributed by atoms with van der Waals surface area (Å²) in [6, 6.07) is 9.75. The van der Waals surface area contributed by atoms with Crippen LogP contribution >= 0.6 is 0 Å². The summed E-state index contributed by atoms with van der Waals surface area (Å²) >= 11 is 0. The molecule has 5 nitrogen and oxygen atoms in total. The van der Waals surface area contributed by atoms with Crippen molar-refractivity contribution in [3.63, 3.8) is 0 Å². The molecule has 0 spiro atoms. The summed E-state index contributed by atoms with van der Waals surface area (Å²) in [5.41, 5.74) is -0.396. The van der Waals surface area contributed by atoms with Crippen LogP contribution in [0.25, 0.3) is 0 Å². The number of carbonyl (C=O) groups excluding carboxylic acids is 1. The third-order valence-electron chi connectivity index (χ3n) is 7.82. The number of fused-ring (bicyclic) bond motifs is 1. The van der Waals surface area contributed by atoms with Crippen molar-refractivity contribution in [3.8, 4) is 0 Å². The highest BCUT2D eigenvalue weighted by Gasteiger charge is 2.57. The predicted octanol–water partition coefficient (Wildman–Crippen LogP) is 3.33. The Kier molecular flexibility index (Phi) is 5.75. The summed E-state index contributed by atoms with van der Waals surface area (Å²) in [7, 11) is 0. The minimum Gasteiger partial charge on any atom is -0.390 e. The molecule has 0 bridgehead atoms. The van der Waals surface area contributed by atoms with E-state index >= 15 is 0 Å². The van der Waals surface area contributed by atoms with Gasteiger partial charge in [-0.2, -0.15) is 0 Å². The van der Waals surface area contributed by atoms with Gasteiger partial charge in [-0.05, 0) is 44.1 Å². The molecule has 1 heterocycles. The monoisotopic (exact) mass is 401 g/mol. The highest BCUT2D eigenvalue weighted by molar-refractivity contribution is 5.79. The first kappa shape index (κ1) is 20.8. The van der Waals surface area contributed by atoms with E-state index in [0.717, 1.165) is 37.7 Å². The van der Waals surface area contributed by atoms with Gasteiger partial charge in [0.15, 0.2) is 0 Å². The lowest BCUT2D eigenvalue weighted by Gasteiger charge is -2.40. The maximum Gasteiger partial charge on any atom is 0.226 e. The number of aliphatic hydroxyl groups is 3. The van der Waals surface area contributed by atoms with Gasteiger partial charge in [-0.15, -0.1) is 0 Å². The number of hydrogen-bond donors (Lipinski definition) is 3. The molecule has 3 N–H and O–H groups in total. The van der Waals surface area contributed by atoms with Crippen molar-refractivity contribution in [3.05, 3.63) is 35.9 Å². The number of hydrogen-bond acceptors (Lipinski definition) is 4. The second kappa shape index (κ2) is 8.01. The van der Waals surface area contributed by atoms with E-state index in [2.05, 4.69) is 0 Å². The van der Waals surface area contributed by atoms with Gasteiger partial charge in [0, 0.05) is 11.5 Å². The van der Waals surface area contributed by atoms with Crippen LogP contribution in [0.2, 0.25) is 0 Å². The molecule has 5 atom stereocenters. The second-order valence-electron chi connectivity index (χ2n) is 9.86. The maximum atomic E-state index is 13.6. The molecular weight excluding hydrogens is 366 g/mol. The zero-order chi connectivity index (χ0) is 20.6. The average molecular weight is 402 g/mol. The average Bonchev–Trinajstić information content (AvgIpc) is 2.96. The highest BCUT2D eigenvalue weighted by Crippen LogP contribution is 2.54. The number of likely N-dealkylation sites (tertiary alicyclic amines) is 1. The van der Waals surface area contributed by atoms with Gasteiger partial charge in [0.2, 0.25) is 5.91 Å². The van der Waals surface area contributed by atoms with Crippen molar-refractivity contribution in [1.29, 1.82) is 0 Å². The normalized spacial score (nSPS) is 37.0. The van der Waals surface area contributed by atoms with Gasteiger partial charge in [-0.3, -0.25) is 4.79 Å². The van der Waals surface area contributed by atoms with Gasteiger partial charge in [0.1, 0.15) is 0 Å². The van der Waals surface area contributed by atoms with Crippen molar-refractivity contribution >= 4 is 5.91 Å². The van der Waals surface area contributed by atoms with Crippen molar-refractivity contribution in [2.75, 3.05) is 0 Å². The van der Waals surface area contributed by atoms with Crippen LogP contribution in [0.3, 0.4) is 0 Å². The largest absolute Gasteiger partial charge is 0.390 e. The summed E-state index contributed by atoms with van der Waals surface area (Å²) in [4.78, 5) is 15.6. The van der Waals surface area contributed by atoms with Crippen LogP contribution in [-0.2, 0) is 4.79 Å². The van der Waals surface area contributed by atoms with Crippen LogP contribution in [0.5, 0.6) is 0 Å². The molecule has 3 aliphatic rings. The lowest BCUT2D eigenvalue weighted by molar-refractivity contribution is -0.143. The van der Waals surface area contributed by atoms with E-state index in [4.69, 9.17) is 0 Å². The molecule has 5 heteroatoms. The number of nitrogens with zero attached hydrogens (tertiary/aromatic N) is 1. The molecule has 1 saturated heterocycles. The minimum absolute atomic E-state index is 0.0134. The molecule has 1 amide bonds. The summed E-state index contributed by atoms with van der Waals surface area (Å²) in [5, 5.41) is 32.5. The Balaban J connectivity index is 1.68. The quantitative estimate of drug-likeness (QED) is 0.726. The van der Waals surface area contributed by atoms with Crippen LogP contribution in [0.1, 0.15) is 82.7 Å². The van der Waals surface area contributed by atoms with Crippen molar-refractivity contribution in [2.24, 2.45) is 5.41 Å². The van der Waals surface area contributed by atoms with Crippen LogP contribution in [0.15, 0.2) is 30.3 Å². The SMILES string of the molecule is C[C@@]12C[C@H](c3ccccc3)N(C(=O)CC3(O)CCCCC3)[C@@H]1CCC[C@H](O)[C@@H]2O. The van der Waals surface area contributed by atoms with Gasteiger partial charge < -0.3 is 20.2 Å². The third kappa shape index (κ3) is 3.85. The summed E-state index contributed by atoms with van der Waals surface area (Å²) in [6.07, 6.45) is 5.74. The Labute approximate surface area is 173 Å². The van der Waals surface area contributed by atoms with Crippen LogP contribution in [0.4, 0.5) is 0 Å². The molecule has 160 valence electrons. The molecule has 2 aliphatic carbocycles. The Bertz CT molecular complexity index is 717. The van der Waals surface area contributed by atoms with Crippen LogP contribution in [0, 0.1) is 5.41 Å². The highest BCUT2D eigenvalue weighted by atomic mass is 16.3. The first-order valence-corrected chi connectivity index (χ1v) is 11.3. The Morgan fingerprint density at radius 3 is 2.45 bits per heavy atom. The zero-order valence-corrected chi connectivity index (χ0v) is 17.5. The Morgan fingerprint density at radius 1 is 1.07 bits per heavy atom. The topological polar surface area (TPSA) is 81.0 Å². The Morgan fingerprint density at radius 2 is 1.76 bits per heavy atom. The Hall–Kier alpha value is -1.43. The number of rotatable bonds is 3. The molecule has 3 fully saturated rings. The van der Waals surface area contributed by atoms with Gasteiger partial charge in [-0.1, -0.05) is 56.5 Å². The molecule has 2 saturated carbocycles. The molecule has 1 aliphatic heterocycles. The molecule has 0 unspecified atom stereocenters. The van der Waals surface area contributed by atoms with Crippen LogP contribution < -0.4 is 0 Å². The molecule has 4 rings (SSSR count). The van der Waals surface area contributed by atoms with Crippen LogP contribution in [-0.4, -0.2) is 50.0 Å². The van der Waals surface area contributed by atoms with Crippen molar-refractivity contribution < 1.29 is 20.1 Å². The molecular formula is C24H35NO4. The number of carbonyl (C=O) groups is 1. The van der Waals surface area contributed by atoms with Crippen molar-refractivity contribution in [1.82, 2.24) is 4.90 Å². The fourth-order valence-electron chi connectivity index (χ4n) is 6.15. The lowest BCUT2D eigenvalue weighted by atomic mass is 9.74. The van der Waals surface area contributed by atoms with E-state index < -0.39 is 23.2 Å². The third-order valence-corrected chi connectivity index (χ3v) is 7.82. The molecule has 29 heavy (non-hydrogen) atoms. The number of benzene rings is 1. The zero-order valence-electron chi connectivity index (χ0n) is 17.5. The van der Waals surface area contributed by atoms with Gasteiger partial charge in [0.05, 0.1) is 30.3 Å². The molecule has 1 aromatic carbocycles. The van der Waals surface area contributed by atoms with E-state index in [1.807, 2.05) is 42.2 Å². The van der Waals surface area contributed by atoms with Crippen molar-refractivity contribution in [2.45, 2.75) is 101 Å². The summed E-state index contributed by atoms with van der Waals surface area (Å²) in [5.74, 6) is -0.0134. The predicted molar refractivity (Wildman–Crippen MR) is 111 cm³/mol. The standard InChI is InChI=1S/C24H35NO4/c1-23-15-18(17-9-4-2-5-10-17)25(20(23)12-8-11-19(26)22(23)28)21(27)16-24(29)13-6-3-7-14-24/h2,4-5,9-10,18-20,22,26,28-29H,3,6-8,11-16H2,1H3/t18-,19+,20-,22+,23-/m1/s1. The first-order chi connectivity index (χ1) is 13.8. The lowest BCUT2D eigenvalue weighted by Crippen LogP contribution is -2.50. The van der Waals surface area contributed by atoms with Gasteiger partial charge in [-0.25, -0.2) is 0 Å². The summed E-state index contributed by atoms with van der Waals surface area (Å²) in [6.45, 7) is 2.02. The van der Waals surface area contributed by atoms with E-state index in [1.165, 1.54) is 0 Å². The van der Waals surface area contributed by atoms with Gasteiger partial charge >= 0.3 is 0 Å². The van der Waals surface area contributed by atoms with E-state index in [-0.39, 0.29) is 24.4 Å². The summed E-state index contributed by atoms with van der Waals surface area (Å²) < 4.78 is 0. The molecule has 1 aromatic rings. The first-order valence-electron chi connectivity index (χ1n) is 11.3. The number of amides is 1. The maximum absolute atomic E-state index is 13.6. The van der Waals surface area contributed by atoms with E-state index in [1.54, 1.807) is 0 Å². The second-order valence-corrected chi connectivity index (χ2v) is 9.86. The number of aliphatic hydroxyl groups excluding tert-OH is 2. The fraction of sp³-hybridized carbons (Fsp3) is 0.708. The molecule has 0 radical (unpaired) electrons. The van der Waals surface area contributed by atoms with E-state index in [0.29, 0.717) is 25.7 Å². The minimum atomic E-state index is -0.904. The smallest absolute Gasteiger partial charge is 0.226 e.